The molecule has 0 saturated heterocycles. The minimum absolute atomic E-state index is 0.0632. The number of aliphatic hydroxyl groups excluding tert-OH is 1. The molecule has 0 aliphatic heterocycles. The first-order valence-corrected chi connectivity index (χ1v) is 4.53. The standard InChI is InChI=1S/C8H13N5O3/c1-12(2-3-14)8-5-6(13(15)16)4-7(10-8)11-9/h4-5,14H,2-3,9H2,1H3,(H,10,11). The van der Waals surface area contributed by atoms with Crippen molar-refractivity contribution in [2.45, 2.75) is 0 Å². The van der Waals surface area contributed by atoms with Crippen LogP contribution < -0.4 is 16.2 Å². The summed E-state index contributed by atoms with van der Waals surface area (Å²) in [5.74, 6) is 5.73. The summed E-state index contributed by atoms with van der Waals surface area (Å²) < 4.78 is 0. The topological polar surface area (TPSA) is 118 Å². The number of hydrogen-bond acceptors (Lipinski definition) is 7. The van der Waals surface area contributed by atoms with Crippen molar-refractivity contribution in [3.8, 4) is 0 Å². The Bertz CT molecular complexity index is 384. The van der Waals surface area contributed by atoms with Gasteiger partial charge in [0.2, 0.25) is 0 Å². The van der Waals surface area contributed by atoms with E-state index in [-0.39, 0.29) is 18.1 Å². The third-order valence-corrected chi connectivity index (χ3v) is 1.98. The number of rotatable bonds is 5. The highest BCUT2D eigenvalue weighted by atomic mass is 16.6. The van der Waals surface area contributed by atoms with Gasteiger partial charge in [-0.25, -0.2) is 10.8 Å². The lowest BCUT2D eigenvalue weighted by atomic mass is 10.3. The minimum Gasteiger partial charge on any atom is -0.395 e. The number of nitrogens with zero attached hydrogens (tertiary/aromatic N) is 3. The highest BCUT2D eigenvalue weighted by Gasteiger charge is 2.12. The van der Waals surface area contributed by atoms with Gasteiger partial charge in [-0.05, 0) is 0 Å². The van der Waals surface area contributed by atoms with E-state index in [4.69, 9.17) is 10.9 Å². The number of anilines is 2. The van der Waals surface area contributed by atoms with Crippen LogP contribution in [0.2, 0.25) is 0 Å². The molecule has 1 aromatic rings. The van der Waals surface area contributed by atoms with Crippen molar-refractivity contribution < 1.29 is 10.0 Å². The van der Waals surface area contributed by atoms with Crippen LogP contribution in [0.1, 0.15) is 0 Å². The molecule has 1 heterocycles. The van der Waals surface area contributed by atoms with Gasteiger partial charge >= 0.3 is 0 Å². The molecular formula is C8H13N5O3. The molecule has 0 aliphatic carbocycles. The van der Waals surface area contributed by atoms with Gasteiger partial charge < -0.3 is 15.4 Å². The maximum Gasteiger partial charge on any atom is 0.276 e. The van der Waals surface area contributed by atoms with E-state index < -0.39 is 4.92 Å². The molecule has 88 valence electrons. The Kier molecular flexibility index (Phi) is 3.97. The summed E-state index contributed by atoms with van der Waals surface area (Å²) in [5.41, 5.74) is 2.15. The fraction of sp³-hybridized carbons (Fsp3) is 0.375. The van der Waals surface area contributed by atoms with Crippen LogP contribution in [-0.2, 0) is 0 Å². The maximum atomic E-state index is 10.6. The van der Waals surface area contributed by atoms with Crippen molar-refractivity contribution in [1.29, 1.82) is 0 Å². The number of hydrazine groups is 1. The molecule has 0 saturated carbocycles. The van der Waals surface area contributed by atoms with E-state index in [1.807, 2.05) is 0 Å². The smallest absolute Gasteiger partial charge is 0.276 e. The summed E-state index contributed by atoms with van der Waals surface area (Å²) in [6.45, 7) is 0.268. The van der Waals surface area contributed by atoms with Gasteiger partial charge in [0.05, 0.1) is 23.7 Å². The van der Waals surface area contributed by atoms with E-state index in [0.29, 0.717) is 12.4 Å². The summed E-state index contributed by atoms with van der Waals surface area (Å²) in [6, 6.07) is 2.55. The Labute approximate surface area is 91.8 Å². The summed E-state index contributed by atoms with van der Waals surface area (Å²) in [7, 11) is 1.67. The molecule has 0 unspecified atom stereocenters. The molecule has 0 aromatic carbocycles. The summed E-state index contributed by atoms with van der Waals surface area (Å²) in [5, 5.41) is 19.4. The predicted octanol–water partition coefficient (Wildman–Crippen LogP) is -0.296. The quantitative estimate of drug-likeness (QED) is 0.359. The largest absolute Gasteiger partial charge is 0.395 e. The van der Waals surface area contributed by atoms with Crippen molar-refractivity contribution in [2.75, 3.05) is 30.5 Å². The Balaban J connectivity index is 3.08. The first-order valence-electron chi connectivity index (χ1n) is 4.53. The third-order valence-electron chi connectivity index (χ3n) is 1.98. The van der Waals surface area contributed by atoms with Gasteiger partial charge in [0.25, 0.3) is 5.69 Å². The third kappa shape index (κ3) is 2.78. The molecule has 0 aliphatic rings. The molecule has 8 heteroatoms. The van der Waals surface area contributed by atoms with E-state index in [0.717, 1.165) is 0 Å². The lowest BCUT2D eigenvalue weighted by Gasteiger charge is -2.16. The maximum absolute atomic E-state index is 10.6. The number of aromatic nitrogens is 1. The van der Waals surface area contributed by atoms with Crippen LogP contribution >= 0.6 is 0 Å². The van der Waals surface area contributed by atoms with Crippen LogP contribution in [0.3, 0.4) is 0 Å². The molecule has 1 rings (SSSR count). The van der Waals surface area contributed by atoms with Crippen molar-refractivity contribution in [3.63, 3.8) is 0 Å². The highest BCUT2D eigenvalue weighted by Crippen LogP contribution is 2.21. The predicted molar refractivity (Wildman–Crippen MR) is 59.1 cm³/mol. The normalized spacial score (nSPS) is 9.94. The van der Waals surface area contributed by atoms with E-state index in [2.05, 4.69) is 10.4 Å². The van der Waals surface area contributed by atoms with Gasteiger partial charge in [0.15, 0.2) is 0 Å². The first kappa shape index (κ1) is 12.1. The van der Waals surface area contributed by atoms with Crippen LogP contribution in [-0.4, -0.2) is 35.2 Å². The minimum atomic E-state index is -0.529. The molecule has 4 N–H and O–H groups in total. The number of hydrogen-bond donors (Lipinski definition) is 3. The lowest BCUT2D eigenvalue weighted by Crippen LogP contribution is -2.23. The van der Waals surface area contributed by atoms with Crippen molar-refractivity contribution in [2.24, 2.45) is 5.84 Å². The zero-order valence-corrected chi connectivity index (χ0v) is 8.75. The van der Waals surface area contributed by atoms with Gasteiger partial charge in [-0.1, -0.05) is 0 Å². The van der Waals surface area contributed by atoms with Gasteiger partial charge in [-0.15, -0.1) is 0 Å². The Hall–Kier alpha value is -1.93. The molecule has 0 radical (unpaired) electrons. The number of nitrogens with two attached hydrogens (primary N) is 1. The SMILES string of the molecule is CN(CCO)c1cc([N+](=O)[O-])cc(NN)n1. The number of nitro groups is 1. The van der Waals surface area contributed by atoms with Crippen LogP contribution in [0.4, 0.5) is 17.3 Å². The second-order valence-electron chi connectivity index (χ2n) is 3.12. The zero-order valence-electron chi connectivity index (χ0n) is 8.75. The van der Waals surface area contributed by atoms with E-state index >= 15 is 0 Å². The molecule has 16 heavy (non-hydrogen) atoms. The Morgan fingerprint density at radius 1 is 1.69 bits per heavy atom. The second-order valence-corrected chi connectivity index (χ2v) is 3.12. The van der Waals surface area contributed by atoms with Crippen LogP contribution in [0.5, 0.6) is 0 Å². The summed E-state index contributed by atoms with van der Waals surface area (Å²) in [4.78, 5) is 15.7. The van der Waals surface area contributed by atoms with Gasteiger partial charge in [0, 0.05) is 13.6 Å². The van der Waals surface area contributed by atoms with E-state index in [1.165, 1.54) is 12.1 Å². The number of nitrogens with one attached hydrogen (secondary N) is 1. The number of pyridine rings is 1. The Morgan fingerprint density at radius 3 is 2.88 bits per heavy atom. The second kappa shape index (κ2) is 5.24. The van der Waals surface area contributed by atoms with Crippen molar-refractivity contribution in [1.82, 2.24) is 4.98 Å². The fourth-order valence-corrected chi connectivity index (χ4v) is 1.14. The molecule has 0 spiro atoms. The molecule has 0 fully saturated rings. The highest BCUT2D eigenvalue weighted by molar-refractivity contribution is 5.55. The zero-order chi connectivity index (χ0) is 12.1. The molecule has 1 aromatic heterocycles. The number of aliphatic hydroxyl groups is 1. The van der Waals surface area contributed by atoms with Gasteiger partial charge in [0.1, 0.15) is 11.6 Å². The average Bonchev–Trinajstić information content (AvgIpc) is 2.28. The van der Waals surface area contributed by atoms with Crippen LogP contribution in [0.15, 0.2) is 12.1 Å². The van der Waals surface area contributed by atoms with E-state index in [1.54, 1.807) is 11.9 Å². The van der Waals surface area contributed by atoms with Gasteiger partial charge in [-0.2, -0.15) is 0 Å². The van der Waals surface area contributed by atoms with E-state index in [9.17, 15) is 10.1 Å². The summed E-state index contributed by atoms with van der Waals surface area (Å²) >= 11 is 0. The molecule has 0 amide bonds. The molecule has 0 atom stereocenters. The fourth-order valence-electron chi connectivity index (χ4n) is 1.14. The van der Waals surface area contributed by atoms with Crippen molar-refractivity contribution >= 4 is 17.3 Å². The first-order chi connectivity index (χ1) is 7.58. The van der Waals surface area contributed by atoms with Crippen LogP contribution in [0.25, 0.3) is 0 Å². The van der Waals surface area contributed by atoms with Crippen molar-refractivity contribution in [3.05, 3.63) is 22.2 Å². The van der Waals surface area contributed by atoms with Gasteiger partial charge in [-0.3, -0.25) is 10.1 Å². The average molecular weight is 227 g/mol. The number of nitrogen functional groups attached to an aromatic ring is 1. The Morgan fingerprint density at radius 2 is 2.38 bits per heavy atom. The number of likely N-dealkylation sites (N-methyl/N-ethyl adjacent to an activating group) is 1. The van der Waals surface area contributed by atoms with Crippen LogP contribution in [0, 0.1) is 10.1 Å². The monoisotopic (exact) mass is 227 g/mol. The molecule has 0 bridgehead atoms. The molecule has 8 nitrogen and oxygen atoms in total. The lowest BCUT2D eigenvalue weighted by molar-refractivity contribution is -0.384. The summed E-state index contributed by atoms with van der Waals surface area (Å²) in [6.07, 6.45) is 0. The molecular weight excluding hydrogens is 214 g/mol.